The van der Waals surface area contributed by atoms with Gasteiger partial charge in [0.05, 0.1) is 32.8 Å². The molecule has 0 aromatic carbocycles. The van der Waals surface area contributed by atoms with Gasteiger partial charge in [0.25, 0.3) is 0 Å². The molecule has 0 heterocycles. The molecule has 0 amide bonds. The third-order valence-corrected chi connectivity index (χ3v) is 2.35. The van der Waals surface area contributed by atoms with E-state index >= 15 is 0 Å². The molecule has 24 heavy (non-hydrogen) atoms. The molecule has 4 N–H and O–H groups in total. The van der Waals surface area contributed by atoms with Crippen LogP contribution >= 0.6 is 0 Å². The number of rotatable bonds is 11. The van der Waals surface area contributed by atoms with Crippen LogP contribution < -0.4 is 5.32 Å². The summed E-state index contributed by atoms with van der Waals surface area (Å²) in [5.41, 5.74) is 0. The van der Waals surface area contributed by atoms with E-state index in [1.165, 1.54) is 0 Å². The largest absolute Gasteiger partial charge is 0.465 e. The van der Waals surface area contributed by atoms with Crippen LogP contribution in [0, 0.1) is 11.8 Å². The van der Waals surface area contributed by atoms with Crippen molar-refractivity contribution in [3.05, 3.63) is 0 Å². The highest BCUT2D eigenvalue weighted by molar-refractivity contribution is 5.81. The summed E-state index contributed by atoms with van der Waals surface area (Å²) >= 11 is 0. The molecule has 0 radical (unpaired) electrons. The van der Waals surface area contributed by atoms with E-state index in [0.717, 1.165) is 0 Å². The molecule has 0 aromatic rings. The van der Waals surface area contributed by atoms with E-state index in [4.69, 9.17) is 19.7 Å². The first-order valence-electron chi connectivity index (χ1n) is 8.17. The summed E-state index contributed by atoms with van der Waals surface area (Å²) in [5.74, 6) is -0.948. The highest BCUT2D eigenvalue weighted by atomic mass is 16.6. The Hall–Kier alpha value is -1.22. The quantitative estimate of drug-likeness (QED) is 0.295. The van der Waals surface area contributed by atoms with Gasteiger partial charge in [-0.05, 0) is 11.8 Å². The Bertz CT molecular complexity index is 318. The maximum atomic E-state index is 11.2. The maximum Gasteiger partial charge on any atom is 0.335 e. The van der Waals surface area contributed by atoms with Crippen molar-refractivity contribution in [1.29, 1.82) is 0 Å². The van der Waals surface area contributed by atoms with Crippen molar-refractivity contribution in [2.75, 3.05) is 39.5 Å². The molecule has 0 bridgehead atoms. The summed E-state index contributed by atoms with van der Waals surface area (Å²) in [7, 11) is 0. The Morgan fingerprint density at radius 2 is 1.38 bits per heavy atom. The van der Waals surface area contributed by atoms with Crippen molar-refractivity contribution in [2.24, 2.45) is 11.8 Å². The topological polar surface area (TPSA) is 125 Å². The lowest BCUT2D eigenvalue weighted by atomic mass is 10.2. The first kappa shape index (κ1) is 25.0. The fourth-order valence-electron chi connectivity index (χ4n) is 1.19. The number of nitrogens with one attached hydrogen (secondary N) is 1. The van der Waals surface area contributed by atoms with Crippen molar-refractivity contribution in [3.8, 4) is 0 Å². The third-order valence-electron chi connectivity index (χ3n) is 2.35. The molecule has 0 rings (SSSR count). The second kappa shape index (κ2) is 16.6. The van der Waals surface area contributed by atoms with E-state index in [-0.39, 0.29) is 44.7 Å². The molecule has 0 saturated carbocycles. The number of aliphatic hydroxyl groups is 3. The van der Waals surface area contributed by atoms with Crippen LogP contribution in [-0.2, 0) is 19.1 Å². The molecular weight excluding hydrogens is 318 g/mol. The fraction of sp³-hybridized carbons (Fsp3) is 0.875. The lowest BCUT2D eigenvalue weighted by Gasteiger charge is -2.12. The number of carbonyl (C=O) groups is 2. The van der Waals surface area contributed by atoms with Gasteiger partial charge in [-0.3, -0.25) is 4.79 Å². The number of hydrogen-bond acceptors (Lipinski definition) is 8. The monoisotopic (exact) mass is 351 g/mol. The molecule has 0 saturated heterocycles. The second-order valence-electron chi connectivity index (χ2n) is 6.02. The van der Waals surface area contributed by atoms with Crippen molar-refractivity contribution >= 4 is 11.9 Å². The lowest BCUT2D eigenvalue weighted by molar-refractivity contribution is -0.161. The zero-order chi connectivity index (χ0) is 19.0. The summed E-state index contributed by atoms with van der Waals surface area (Å²) in [4.78, 5) is 22.5. The van der Waals surface area contributed by atoms with Gasteiger partial charge in [-0.25, -0.2) is 4.79 Å². The van der Waals surface area contributed by atoms with Gasteiger partial charge in [0.2, 0.25) is 0 Å². The van der Waals surface area contributed by atoms with E-state index < -0.39 is 18.0 Å². The summed E-state index contributed by atoms with van der Waals surface area (Å²) < 4.78 is 9.64. The predicted molar refractivity (Wildman–Crippen MR) is 89.3 cm³/mol. The zero-order valence-corrected chi connectivity index (χ0v) is 15.2. The van der Waals surface area contributed by atoms with Gasteiger partial charge in [-0.2, -0.15) is 0 Å². The van der Waals surface area contributed by atoms with Gasteiger partial charge >= 0.3 is 11.9 Å². The van der Waals surface area contributed by atoms with Gasteiger partial charge in [-0.15, -0.1) is 0 Å². The van der Waals surface area contributed by atoms with Gasteiger partial charge < -0.3 is 30.1 Å². The minimum absolute atomic E-state index is 0.139. The van der Waals surface area contributed by atoms with Crippen LogP contribution in [-0.4, -0.2) is 72.9 Å². The summed E-state index contributed by atoms with van der Waals surface area (Å²) in [5, 5.41) is 28.5. The molecule has 0 aliphatic carbocycles. The average Bonchev–Trinajstić information content (AvgIpc) is 2.51. The van der Waals surface area contributed by atoms with Crippen LogP contribution in [0.2, 0.25) is 0 Å². The summed E-state index contributed by atoms with van der Waals surface area (Å²) in [6, 6.07) is 0. The number of ether oxygens (including phenoxy) is 2. The summed E-state index contributed by atoms with van der Waals surface area (Å²) in [6.45, 7) is 9.51. The first-order chi connectivity index (χ1) is 11.2. The second-order valence-corrected chi connectivity index (χ2v) is 6.02. The van der Waals surface area contributed by atoms with E-state index in [2.05, 4.69) is 5.32 Å². The minimum atomic E-state index is -1.44. The first-order valence-corrected chi connectivity index (χ1v) is 8.17. The lowest BCUT2D eigenvalue weighted by Crippen LogP contribution is -2.28. The number of hydrogen-bond donors (Lipinski definition) is 4. The summed E-state index contributed by atoms with van der Waals surface area (Å²) in [6.07, 6.45) is -1.79. The predicted octanol–water partition coefficient (Wildman–Crippen LogP) is -0.304. The molecule has 0 fully saturated rings. The molecular formula is C16H33NO7. The smallest absolute Gasteiger partial charge is 0.335 e. The maximum absolute atomic E-state index is 11.2. The van der Waals surface area contributed by atoms with Crippen molar-refractivity contribution in [2.45, 2.75) is 40.2 Å². The Morgan fingerprint density at radius 1 is 0.917 bits per heavy atom. The fourth-order valence-corrected chi connectivity index (χ4v) is 1.19. The van der Waals surface area contributed by atoms with Crippen LogP contribution in [0.15, 0.2) is 0 Å². The number of esters is 2. The highest BCUT2D eigenvalue weighted by Gasteiger charge is 2.21. The van der Waals surface area contributed by atoms with E-state index in [0.29, 0.717) is 13.1 Å². The molecule has 0 aromatic heterocycles. The molecule has 0 spiro atoms. The molecule has 1 unspecified atom stereocenters. The Morgan fingerprint density at radius 3 is 1.79 bits per heavy atom. The molecule has 144 valence electrons. The van der Waals surface area contributed by atoms with Gasteiger partial charge in [0, 0.05) is 13.1 Å². The molecule has 0 aliphatic heterocycles. The van der Waals surface area contributed by atoms with Gasteiger partial charge in [-0.1, -0.05) is 27.7 Å². The van der Waals surface area contributed by atoms with Gasteiger partial charge in [0.15, 0.2) is 6.10 Å². The van der Waals surface area contributed by atoms with Gasteiger partial charge in [0.1, 0.15) is 0 Å². The SMILES string of the molecule is CC(C)COC(=O)CC(O)C(=O)OCC(C)C.OCCNCCO. The zero-order valence-electron chi connectivity index (χ0n) is 15.2. The van der Waals surface area contributed by atoms with Crippen molar-refractivity contribution in [1.82, 2.24) is 5.32 Å². The standard InChI is InChI=1S/C12H22O5.C4H11NO2/c1-8(2)6-16-11(14)5-10(13)12(15)17-7-9(3)4;6-3-1-5-2-4-7/h8-10,13H,5-7H2,1-4H3;5-7H,1-4H2. The van der Waals surface area contributed by atoms with Crippen LogP contribution in [0.3, 0.4) is 0 Å². The Kier molecular flexibility index (Phi) is 17.3. The van der Waals surface area contributed by atoms with Crippen molar-refractivity contribution in [3.63, 3.8) is 0 Å². The Balaban J connectivity index is 0. The van der Waals surface area contributed by atoms with Crippen molar-refractivity contribution < 1.29 is 34.4 Å². The molecule has 0 aliphatic rings. The van der Waals surface area contributed by atoms with E-state index in [1.807, 2.05) is 27.7 Å². The van der Waals surface area contributed by atoms with E-state index in [1.54, 1.807) is 0 Å². The average molecular weight is 351 g/mol. The highest BCUT2D eigenvalue weighted by Crippen LogP contribution is 2.02. The number of carbonyl (C=O) groups excluding carboxylic acids is 2. The molecule has 1 atom stereocenters. The molecule has 8 heteroatoms. The van der Waals surface area contributed by atoms with Crippen LogP contribution in [0.4, 0.5) is 0 Å². The van der Waals surface area contributed by atoms with Crippen LogP contribution in [0.25, 0.3) is 0 Å². The van der Waals surface area contributed by atoms with E-state index in [9.17, 15) is 14.7 Å². The molecule has 8 nitrogen and oxygen atoms in total. The number of aliphatic hydroxyl groups excluding tert-OH is 3. The minimum Gasteiger partial charge on any atom is -0.465 e. The van der Waals surface area contributed by atoms with Crippen LogP contribution in [0.1, 0.15) is 34.1 Å². The van der Waals surface area contributed by atoms with Crippen LogP contribution in [0.5, 0.6) is 0 Å². The Labute approximate surface area is 144 Å². The normalized spacial score (nSPS) is 11.7. The third kappa shape index (κ3) is 18.8.